The largest absolute Gasteiger partial charge is 0.492 e. The number of likely N-dealkylation sites (N-methyl/N-ethyl adjacent to an activating group) is 1. The van der Waals surface area contributed by atoms with Gasteiger partial charge in [-0.25, -0.2) is 9.78 Å². The highest BCUT2D eigenvalue weighted by Crippen LogP contribution is 2.15. The zero-order valence-corrected chi connectivity index (χ0v) is 16.9. The predicted octanol–water partition coefficient (Wildman–Crippen LogP) is 2.30. The number of rotatable bonds is 7. The van der Waals surface area contributed by atoms with E-state index in [0.717, 1.165) is 0 Å². The number of fused-ring (bicyclic) bond motifs is 1. The van der Waals surface area contributed by atoms with Crippen molar-refractivity contribution in [2.24, 2.45) is 0 Å². The number of nitrogens with one attached hydrogen (secondary N) is 1. The molecule has 2 heterocycles. The number of hydrogen-bond donors (Lipinski definition) is 1. The van der Waals surface area contributed by atoms with Crippen LogP contribution in [0.2, 0.25) is 5.02 Å². The minimum atomic E-state index is -0.562. The third-order valence-corrected chi connectivity index (χ3v) is 4.63. The van der Waals surface area contributed by atoms with Gasteiger partial charge in [-0.2, -0.15) is 0 Å². The Hall–Kier alpha value is -3.13. The van der Waals surface area contributed by atoms with Gasteiger partial charge in [0.05, 0.1) is 17.5 Å². The molecule has 3 rings (SSSR count). The summed E-state index contributed by atoms with van der Waals surface area (Å²) in [6.07, 6.45) is 2.09. The molecule has 0 saturated heterocycles. The van der Waals surface area contributed by atoms with Gasteiger partial charge in [-0.15, -0.1) is 0 Å². The fraction of sp³-hybridized carbons (Fsp3) is 0.300. The van der Waals surface area contributed by atoms with Gasteiger partial charge < -0.3 is 9.64 Å². The first-order valence-electron chi connectivity index (χ1n) is 9.17. The van der Waals surface area contributed by atoms with Crippen molar-refractivity contribution < 1.29 is 9.53 Å². The first-order chi connectivity index (χ1) is 13.9. The van der Waals surface area contributed by atoms with Gasteiger partial charge in [0.1, 0.15) is 18.0 Å². The molecule has 0 spiro atoms. The van der Waals surface area contributed by atoms with Gasteiger partial charge in [-0.3, -0.25) is 19.1 Å². The number of carbonyl (C=O) groups excluding carboxylic acids is 1. The standard InChI is InChI=1S/C20H21ClN4O4/c1-3-8-25-17-16(18(26)23-20(25)28)11-13(12-22-17)19(27)24(2)9-10-29-15-6-4-14(21)5-7-15/h4-7,11-12H,3,8-10H2,1-2H3,(H,23,26,28). The molecule has 0 atom stereocenters. The van der Waals surface area contributed by atoms with E-state index in [-0.39, 0.29) is 22.5 Å². The van der Waals surface area contributed by atoms with E-state index >= 15 is 0 Å². The SMILES string of the molecule is CCCn1c(=O)[nH]c(=O)c2cc(C(=O)N(C)CCOc3ccc(Cl)cc3)cnc21. The summed E-state index contributed by atoms with van der Waals surface area (Å²) in [6, 6.07) is 8.41. The third-order valence-electron chi connectivity index (χ3n) is 4.38. The summed E-state index contributed by atoms with van der Waals surface area (Å²) in [5, 5.41) is 0.822. The van der Waals surface area contributed by atoms with Crippen LogP contribution in [-0.4, -0.2) is 45.5 Å². The topological polar surface area (TPSA) is 97.3 Å². The molecule has 1 aromatic carbocycles. The quantitative estimate of drug-likeness (QED) is 0.637. The number of aromatic nitrogens is 3. The summed E-state index contributed by atoms with van der Waals surface area (Å²) in [7, 11) is 1.64. The number of H-pyrrole nitrogens is 1. The number of nitrogens with zero attached hydrogens (tertiary/aromatic N) is 3. The van der Waals surface area contributed by atoms with E-state index in [4.69, 9.17) is 16.3 Å². The number of pyridine rings is 1. The Morgan fingerprint density at radius 2 is 2.00 bits per heavy atom. The minimum Gasteiger partial charge on any atom is -0.492 e. The molecule has 8 nitrogen and oxygen atoms in total. The second-order valence-electron chi connectivity index (χ2n) is 6.54. The van der Waals surface area contributed by atoms with E-state index in [1.54, 1.807) is 31.3 Å². The number of benzene rings is 1. The van der Waals surface area contributed by atoms with Gasteiger partial charge >= 0.3 is 5.69 Å². The van der Waals surface area contributed by atoms with Gasteiger partial charge in [-0.1, -0.05) is 18.5 Å². The predicted molar refractivity (Wildman–Crippen MR) is 111 cm³/mol. The van der Waals surface area contributed by atoms with Crippen LogP contribution < -0.4 is 16.0 Å². The lowest BCUT2D eigenvalue weighted by molar-refractivity contribution is 0.0773. The summed E-state index contributed by atoms with van der Waals surface area (Å²) in [6.45, 7) is 2.98. The van der Waals surface area contributed by atoms with E-state index in [9.17, 15) is 14.4 Å². The maximum absolute atomic E-state index is 12.7. The summed E-state index contributed by atoms with van der Waals surface area (Å²) < 4.78 is 7.00. The van der Waals surface area contributed by atoms with Crippen molar-refractivity contribution in [1.82, 2.24) is 19.4 Å². The number of carbonyl (C=O) groups is 1. The van der Waals surface area contributed by atoms with Crippen LogP contribution in [0.5, 0.6) is 5.75 Å². The van der Waals surface area contributed by atoms with E-state index in [2.05, 4.69) is 9.97 Å². The molecule has 29 heavy (non-hydrogen) atoms. The number of ether oxygens (including phenoxy) is 1. The molecule has 0 radical (unpaired) electrons. The molecule has 1 amide bonds. The zero-order chi connectivity index (χ0) is 21.0. The first kappa shape index (κ1) is 20.6. The van der Waals surface area contributed by atoms with Crippen molar-refractivity contribution >= 4 is 28.5 Å². The second-order valence-corrected chi connectivity index (χ2v) is 6.97. The highest BCUT2D eigenvalue weighted by Gasteiger charge is 2.16. The molecular weight excluding hydrogens is 396 g/mol. The summed E-state index contributed by atoms with van der Waals surface area (Å²) in [5.41, 5.74) is -0.537. The molecule has 0 aliphatic rings. The van der Waals surface area contributed by atoms with Crippen molar-refractivity contribution in [1.29, 1.82) is 0 Å². The molecule has 1 N–H and O–H groups in total. The molecule has 152 valence electrons. The molecule has 9 heteroatoms. The Kier molecular flexibility index (Phi) is 6.33. The minimum absolute atomic E-state index is 0.203. The molecule has 0 aliphatic carbocycles. The average molecular weight is 417 g/mol. The Morgan fingerprint density at radius 3 is 2.69 bits per heavy atom. The van der Waals surface area contributed by atoms with Crippen LogP contribution in [0.4, 0.5) is 0 Å². The third kappa shape index (κ3) is 4.65. The maximum atomic E-state index is 12.7. The van der Waals surface area contributed by atoms with Crippen LogP contribution in [0.1, 0.15) is 23.7 Å². The van der Waals surface area contributed by atoms with E-state index in [1.807, 2.05) is 6.92 Å². The molecule has 0 bridgehead atoms. The van der Waals surface area contributed by atoms with Crippen molar-refractivity contribution in [2.75, 3.05) is 20.2 Å². The fourth-order valence-electron chi connectivity index (χ4n) is 2.87. The normalized spacial score (nSPS) is 10.9. The van der Waals surface area contributed by atoms with Crippen LogP contribution >= 0.6 is 11.6 Å². The van der Waals surface area contributed by atoms with Crippen LogP contribution in [0, 0.1) is 0 Å². The molecule has 0 aliphatic heterocycles. The van der Waals surface area contributed by atoms with Crippen LogP contribution in [0.25, 0.3) is 11.0 Å². The monoisotopic (exact) mass is 416 g/mol. The van der Waals surface area contributed by atoms with Gasteiger partial charge in [-0.05, 0) is 36.8 Å². The van der Waals surface area contributed by atoms with Crippen LogP contribution in [0.3, 0.4) is 0 Å². The number of aryl methyl sites for hydroxylation is 1. The van der Waals surface area contributed by atoms with E-state index in [0.29, 0.717) is 36.9 Å². The number of amides is 1. The Bertz CT molecular complexity index is 1140. The Labute approximate surface area is 171 Å². The van der Waals surface area contributed by atoms with Crippen molar-refractivity contribution in [2.45, 2.75) is 19.9 Å². The number of hydrogen-bond acceptors (Lipinski definition) is 5. The smallest absolute Gasteiger partial charge is 0.329 e. The highest BCUT2D eigenvalue weighted by molar-refractivity contribution is 6.30. The van der Waals surface area contributed by atoms with Gasteiger partial charge in [0.2, 0.25) is 0 Å². The summed E-state index contributed by atoms with van der Waals surface area (Å²) >= 11 is 5.84. The summed E-state index contributed by atoms with van der Waals surface area (Å²) in [5.74, 6) is 0.356. The highest BCUT2D eigenvalue weighted by atomic mass is 35.5. The van der Waals surface area contributed by atoms with E-state index < -0.39 is 11.2 Å². The van der Waals surface area contributed by atoms with Gasteiger partial charge in [0, 0.05) is 24.8 Å². The lowest BCUT2D eigenvalue weighted by Gasteiger charge is -2.18. The average Bonchev–Trinajstić information content (AvgIpc) is 2.71. The fourth-order valence-corrected chi connectivity index (χ4v) is 3.00. The van der Waals surface area contributed by atoms with Crippen LogP contribution in [0.15, 0.2) is 46.1 Å². The van der Waals surface area contributed by atoms with Crippen molar-refractivity contribution in [3.8, 4) is 5.75 Å². The maximum Gasteiger partial charge on any atom is 0.329 e. The van der Waals surface area contributed by atoms with Gasteiger partial charge in [0.15, 0.2) is 0 Å². The second kappa shape index (κ2) is 8.91. The molecule has 0 fully saturated rings. The Morgan fingerprint density at radius 1 is 1.28 bits per heavy atom. The number of aromatic amines is 1. The molecule has 3 aromatic rings. The number of halogens is 1. The van der Waals surface area contributed by atoms with Crippen molar-refractivity contribution in [3.05, 3.63) is 68.0 Å². The van der Waals surface area contributed by atoms with Gasteiger partial charge in [0.25, 0.3) is 11.5 Å². The molecule has 0 unspecified atom stereocenters. The summed E-state index contributed by atoms with van der Waals surface area (Å²) in [4.78, 5) is 44.9. The molecule has 0 saturated carbocycles. The first-order valence-corrected chi connectivity index (χ1v) is 9.55. The zero-order valence-electron chi connectivity index (χ0n) is 16.1. The van der Waals surface area contributed by atoms with E-state index in [1.165, 1.54) is 21.7 Å². The molecular formula is C20H21ClN4O4. The Balaban J connectivity index is 1.75. The van der Waals surface area contributed by atoms with Crippen LogP contribution in [-0.2, 0) is 6.54 Å². The lowest BCUT2D eigenvalue weighted by atomic mass is 10.2. The molecule has 2 aromatic heterocycles. The van der Waals surface area contributed by atoms with Crippen molar-refractivity contribution in [3.63, 3.8) is 0 Å². The lowest BCUT2D eigenvalue weighted by Crippen LogP contribution is -2.33.